The van der Waals surface area contributed by atoms with Gasteiger partial charge in [-0.05, 0) is 37.5 Å². The van der Waals surface area contributed by atoms with Crippen LogP contribution in [0.2, 0.25) is 5.02 Å². The summed E-state index contributed by atoms with van der Waals surface area (Å²) in [7, 11) is 1.73. The lowest BCUT2D eigenvalue weighted by atomic mass is 10.1. The summed E-state index contributed by atoms with van der Waals surface area (Å²) in [4.78, 5) is 2.38. The number of methoxy groups -OCH3 is 1. The van der Waals surface area contributed by atoms with Crippen molar-refractivity contribution in [3.63, 3.8) is 0 Å². The smallest absolute Gasteiger partial charge is 0.0656 e. The maximum absolute atomic E-state index is 6.17. The molecular weight excluding hydrogens is 260 g/mol. The molecule has 0 radical (unpaired) electrons. The summed E-state index contributed by atoms with van der Waals surface area (Å²) in [5, 5.41) is 0.619. The normalized spacial score (nSPS) is 11.1. The van der Waals surface area contributed by atoms with Gasteiger partial charge in [-0.1, -0.05) is 25.4 Å². The maximum Gasteiger partial charge on any atom is 0.0656 e. The van der Waals surface area contributed by atoms with Gasteiger partial charge < -0.3 is 15.4 Å². The molecule has 2 N–H and O–H groups in total. The van der Waals surface area contributed by atoms with Crippen LogP contribution < -0.4 is 10.6 Å². The van der Waals surface area contributed by atoms with Crippen molar-refractivity contribution in [2.24, 2.45) is 0 Å². The molecule has 0 atom stereocenters. The first-order chi connectivity index (χ1) is 9.04. The zero-order valence-corrected chi connectivity index (χ0v) is 13.1. The Labute approximate surface area is 121 Å². The Balaban J connectivity index is 3.12. The number of nitrogen functional groups attached to an aromatic ring is 1. The van der Waals surface area contributed by atoms with Crippen LogP contribution in [0.4, 0.5) is 11.4 Å². The van der Waals surface area contributed by atoms with Crippen LogP contribution in [0.25, 0.3) is 0 Å². The molecule has 0 spiro atoms. The summed E-state index contributed by atoms with van der Waals surface area (Å²) < 4.78 is 5.23. The molecule has 0 bridgehead atoms. The minimum Gasteiger partial charge on any atom is -0.398 e. The number of nitrogens with zero attached hydrogens (tertiary/aromatic N) is 1. The van der Waals surface area contributed by atoms with E-state index in [1.165, 1.54) is 0 Å². The monoisotopic (exact) mass is 284 g/mol. The lowest BCUT2D eigenvalue weighted by Crippen LogP contribution is -2.37. The van der Waals surface area contributed by atoms with Crippen LogP contribution in [0.15, 0.2) is 12.1 Å². The fraction of sp³-hybridized carbons (Fsp3) is 0.600. The van der Waals surface area contributed by atoms with Gasteiger partial charge >= 0.3 is 0 Å². The first-order valence-corrected chi connectivity index (χ1v) is 7.24. The SMILES string of the molecule is CCC(CC)N(CCOC)c1cc(Cl)c(N)cc1C. The summed E-state index contributed by atoms with van der Waals surface area (Å²) >= 11 is 6.17. The van der Waals surface area contributed by atoms with Crippen molar-refractivity contribution in [3.05, 3.63) is 22.7 Å². The third-order valence-electron chi connectivity index (χ3n) is 3.54. The third kappa shape index (κ3) is 4.02. The topological polar surface area (TPSA) is 38.5 Å². The number of benzene rings is 1. The first-order valence-electron chi connectivity index (χ1n) is 6.86. The lowest BCUT2D eigenvalue weighted by molar-refractivity contribution is 0.202. The largest absolute Gasteiger partial charge is 0.398 e. The second-order valence-corrected chi connectivity index (χ2v) is 5.22. The molecule has 1 aromatic carbocycles. The van der Waals surface area contributed by atoms with Crippen molar-refractivity contribution < 1.29 is 4.74 Å². The minimum atomic E-state index is 0.494. The predicted molar refractivity (Wildman–Crippen MR) is 84.2 cm³/mol. The molecule has 1 aromatic rings. The molecular formula is C15H25ClN2O. The van der Waals surface area contributed by atoms with Crippen molar-refractivity contribution in [1.29, 1.82) is 0 Å². The van der Waals surface area contributed by atoms with E-state index < -0.39 is 0 Å². The minimum absolute atomic E-state index is 0.494. The van der Waals surface area contributed by atoms with Gasteiger partial charge in [0.1, 0.15) is 0 Å². The summed E-state index contributed by atoms with van der Waals surface area (Å²) in [6.45, 7) is 8.07. The molecule has 0 saturated carbocycles. The van der Waals surface area contributed by atoms with Gasteiger partial charge in [-0.25, -0.2) is 0 Å². The van der Waals surface area contributed by atoms with Crippen molar-refractivity contribution >= 4 is 23.0 Å². The second-order valence-electron chi connectivity index (χ2n) is 4.82. The van der Waals surface area contributed by atoms with Gasteiger partial charge in [0.05, 0.1) is 17.3 Å². The van der Waals surface area contributed by atoms with Crippen LogP contribution in [0, 0.1) is 6.92 Å². The van der Waals surface area contributed by atoms with E-state index in [1.807, 2.05) is 12.1 Å². The number of ether oxygens (including phenoxy) is 1. The van der Waals surface area contributed by atoms with Gasteiger partial charge in [0.2, 0.25) is 0 Å². The highest BCUT2D eigenvalue weighted by Gasteiger charge is 2.18. The molecule has 0 aliphatic rings. The molecule has 108 valence electrons. The van der Waals surface area contributed by atoms with Crippen molar-refractivity contribution in [3.8, 4) is 0 Å². The van der Waals surface area contributed by atoms with Gasteiger partial charge in [-0.15, -0.1) is 0 Å². The number of halogens is 1. The number of nitrogens with two attached hydrogens (primary N) is 1. The molecule has 0 aliphatic carbocycles. The van der Waals surface area contributed by atoms with E-state index in [0.717, 1.165) is 30.6 Å². The standard InChI is InChI=1S/C15H25ClN2O/c1-5-12(6-2)18(7-8-19-4)15-10-13(16)14(17)9-11(15)3/h9-10,12H,5-8,17H2,1-4H3. The van der Waals surface area contributed by atoms with Crippen LogP contribution in [0.1, 0.15) is 32.3 Å². The number of hydrogen-bond acceptors (Lipinski definition) is 3. The summed E-state index contributed by atoms with van der Waals surface area (Å²) in [5.41, 5.74) is 8.81. The van der Waals surface area contributed by atoms with Gasteiger partial charge in [0.25, 0.3) is 0 Å². The van der Waals surface area contributed by atoms with Crippen molar-refractivity contribution in [1.82, 2.24) is 0 Å². The molecule has 0 fully saturated rings. The van der Waals surface area contributed by atoms with E-state index in [1.54, 1.807) is 7.11 Å². The Bertz CT molecular complexity index is 405. The molecule has 19 heavy (non-hydrogen) atoms. The Morgan fingerprint density at radius 1 is 1.32 bits per heavy atom. The van der Waals surface area contributed by atoms with Crippen molar-refractivity contribution in [2.75, 3.05) is 30.9 Å². The van der Waals surface area contributed by atoms with Gasteiger partial charge in [-0.3, -0.25) is 0 Å². The second kappa shape index (κ2) is 7.61. The molecule has 0 saturated heterocycles. The van der Waals surface area contributed by atoms with E-state index >= 15 is 0 Å². The highest BCUT2D eigenvalue weighted by molar-refractivity contribution is 6.33. The van der Waals surface area contributed by atoms with Crippen LogP contribution in [-0.4, -0.2) is 26.3 Å². The number of anilines is 2. The highest BCUT2D eigenvalue weighted by atomic mass is 35.5. The summed E-state index contributed by atoms with van der Waals surface area (Å²) in [5.74, 6) is 0. The summed E-state index contributed by atoms with van der Waals surface area (Å²) in [6.07, 6.45) is 2.20. The van der Waals surface area contributed by atoms with Crippen LogP contribution in [0.5, 0.6) is 0 Å². The molecule has 0 aliphatic heterocycles. The Morgan fingerprint density at radius 2 is 1.95 bits per heavy atom. The Hall–Kier alpha value is -0.930. The maximum atomic E-state index is 6.17. The quantitative estimate of drug-likeness (QED) is 0.773. The number of aryl methyl sites for hydroxylation is 1. The average molecular weight is 285 g/mol. The molecule has 3 nitrogen and oxygen atoms in total. The average Bonchev–Trinajstić information content (AvgIpc) is 2.39. The van der Waals surface area contributed by atoms with E-state index in [9.17, 15) is 0 Å². The first kappa shape index (κ1) is 16.1. The van der Waals surface area contributed by atoms with Crippen molar-refractivity contribution in [2.45, 2.75) is 39.7 Å². The van der Waals surface area contributed by atoms with E-state index in [2.05, 4.69) is 25.7 Å². The fourth-order valence-corrected chi connectivity index (χ4v) is 2.58. The van der Waals surface area contributed by atoms with Crippen LogP contribution in [-0.2, 0) is 4.74 Å². The number of hydrogen-bond donors (Lipinski definition) is 1. The number of rotatable bonds is 7. The van der Waals surface area contributed by atoms with Gasteiger partial charge in [0, 0.05) is 25.4 Å². The zero-order chi connectivity index (χ0) is 14.4. The highest BCUT2D eigenvalue weighted by Crippen LogP contribution is 2.31. The fourth-order valence-electron chi connectivity index (χ4n) is 2.42. The third-order valence-corrected chi connectivity index (χ3v) is 3.87. The van der Waals surface area contributed by atoms with E-state index in [4.69, 9.17) is 22.1 Å². The summed E-state index contributed by atoms with van der Waals surface area (Å²) in [6, 6.07) is 4.41. The van der Waals surface area contributed by atoms with E-state index in [0.29, 0.717) is 23.4 Å². The van der Waals surface area contributed by atoms with E-state index in [-0.39, 0.29) is 0 Å². The zero-order valence-electron chi connectivity index (χ0n) is 12.4. The Kier molecular flexibility index (Phi) is 6.46. The van der Waals surface area contributed by atoms with Gasteiger partial charge in [-0.2, -0.15) is 0 Å². The van der Waals surface area contributed by atoms with Crippen LogP contribution >= 0.6 is 11.6 Å². The lowest BCUT2D eigenvalue weighted by Gasteiger charge is -2.34. The molecule has 0 aromatic heterocycles. The molecule has 0 heterocycles. The Morgan fingerprint density at radius 3 is 2.47 bits per heavy atom. The van der Waals surface area contributed by atoms with Crippen LogP contribution in [0.3, 0.4) is 0 Å². The molecule has 4 heteroatoms. The molecule has 1 rings (SSSR count). The molecule has 0 amide bonds. The predicted octanol–water partition coefficient (Wildman–Crippen LogP) is 3.87. The molecule has 0 unspecified atom stereocenters. The van der Waals surface area contributed by atoms with Gasteiger partial charge in [0.15, 0.2) is 0 Å².